The van der Waals surface area contributed by atoms with Gasteiger partial charge in [0.15, 0.2) is 0 Å². The second-order valence-corrected chi connectivity index (χ2v) is 10.4. The molecule has 1 atom stereocenters. The van der Waals surface area contributed by atoms with E-state index in [-0.39, 0.29) is 32.1 Å². The first-order valence-corrected chi connectivity index (χ1v) is 14.6. The van der Waals surface area contributed by atoms with Gasteiger partial charge in [0.2, 0.25) is 0 Å². The minimum absolute atomic E-state index is 0. The molecule has 6 rings (SSSR count). The molecule has 6 aromatic carbocycles. The third kappa shape index (κ3) is 9.98. The molecule has 0 saturated heterocycles. The van der Waals surface area contributed by atoms with Gasteiger partial charge < -0.3 is 5.11 Å². The Kier molecular flexibility index (Phi) is 14.5. The van der Waals surface area contributed by atoms with Crippen molar-refractivity contribution in [1.29, 1.82) is 0 Å². The van der Waals surface area contributed by atoms with Crippen LogP contribution in [0, 0.1) is 12.0 Å². The van der Waals surface area contributed by atoms with E-state index in [9.17, 15) is 5.11 Å². The van der Waals surface area contributed by atoms with Crippen LogP contribution < -0.4 is 0 Å². The molecule has 0 aromatic heterocycles. The zero-order valence-electron chi connectivity index (χ0n) is 25.4. The summed E-state index contributed by atoms with van der Waals surface area (Å²) in [6, 6.07) is 60.3. The van der Waals surface area contributed by atoms with Gasteiger partial charge >= 0.3 is 0 Å². The summed E-state index contributed by atoms with van der Waals surface area (Å²) < 4.78 is 0. The quantitative estimate of drug-likeness (QED) is 0.104. The first kappa shape index (κ1) is 34.4. The average molecular weight is 651 g/mol. The van der Waals surface area contributed by atoms with Crippen LogP contribution in [-0.2, 0) is 31.8 Å². The normalized spacial score (nSPS) is 11.4. The Morgan fingerprint density at radius 3 is 1.34 bits per heavy atom. The average Bonchev–Trinajstić information content (AvgIpc) is 3.85. The predicted molar refractivity (Wildman–Crippen MR) is 182 cm³/mol. The maximum Gasteiger partial charge on any atom is 0.123 e. The van der Waals surface area contributed by atoms with E-state index in [4.69, 9.17) is 0 Å². The molecule has 1 unspecified atom stereocenters. The second-order valence-electron chi connectivity index (χ2n) is 10.4. The van der Waals surface area contributed by atoms with Crippen LogP contribution >= 0.6 is 0 Å². The molecule has 0 aliphatic rings. The van der Waals surface area contributed by atoms with Gasteiger partial charge in [-0.05, 0) is 25.0 Å². The number of allylic oxidation sites excluding steroid dienone is 1. The van der Waals surface area contributed by atoms with E-state index in [1.165, 1.54) is 0 Å². The molecule has 0 amide bonds. The van der Waals surface area contributed by atoms with Gasteiger partial charge in [-0.3, -0.25) is 0 Å². The Hall–Kier alpha value is -4.10. The Bertz CT molecular complexity index is 1500. The molecule has 1 nitrogen and oxygen atoms in total. The Balaban J connectivity index is 0.000000406. The largest absolute Gasteiger partial charge is 0.379 e. The van der Waals surface area contributed by atoms with Crippen molar-refractivity contribution in [2.75, 3.05) is 0 Å². The molecule has 220 valence electrons. The van der Waals surface area contributed by atoms with Crippen molar-refractivity contribution < 1.29 is 31.3 Å². The van der Waals surface area contributed by atoms with Crippen LogP contribution in [-0.4, -0.2) is 5.11 Å². The fourth-order valence-corrected chi connectivity index (χ4v) is 4.92. The van der Waals surface area contributed by atoms with Gasteiger partial charge in [-0.15, -0.1) is 41.5 Å². The van der Waals surface area contributed by atoms with E-state index < -0.39 is 5.60 Å². The standard InChI is InChI=1S/C32H29O.2C5H5.Zr/c1-25(2)23-31(30(27-17-9-4-10-18-27)24-26-15-7-3-8-16-26)32(33,28-19-11-5-12-20-28)29-21-13-6-14-22-29;2*1-2-4-5-3-1;/h3-23,31,33H,1-2H3;2*1-5H;/q3*-1;. The summed E-state index contributed by atoms with van der Waals surface area (Å²) in [5.41, 5.74) is 4.50. The van der Waals surface area contributed by atoms with Gasteiger partial charge in [-0.2, -0.15) is 36.4 Å². The molecular weight excluding hydrogens is 612 g/mol. The summed E-state index contributed by atoms with van der Waals surface area (Å²) in [5.74, 6) is -0.366. The van der Waals surface area contributed by atoms with Crippen molar-refractivity contribution in [3.05, 3.63) is 222 Å². The fraction of sp³-hybridized carbons (Fsp3) is 0.0952. The minimum atomic E-state index is -1.28. The van der Waals surface area contributed by atoms with E-state index in [1.807, 2.05) is 170 Å². The number of benzene rings is 4. The van der Waals surface area contributed by atoms with Gasteiger partial charge in [-0.25, -0.2) is 24.3 Å². The molecule has 0 radical (unpaired) electrons. The van der Waals surface area contributed by atoms with E-state index in [2.05, 4.69) is 38.1 Å². The maximum absolute atomic E-state index is 12.7. The van der Waals surface area contributed by atoms with Gasteiger partial charge in [0, 0.05) is 32.1 Å². The fourth-order valence-electron chi connectivity index (χ4n) is 4.92. The molecule has 0 aliphatic heterocycles. The molecule has 0 aliphatic carbocycles. The molecule has 0 saturated carbocycles. The summed E-state index contributed by atoms with van der Waals surface area (Å²) in [6.45, 7) is 4.16. The predicted octanol–water partition coefficient (Wildman–Crippen LogP) is 10.2. The SMILES string of the molecule is CC(C)=CC(C(=[C-]c1ccccc1)c1ccccc1)C(O)(c1ccccc1)c1ccccc1.[Zr].c1cc[cH-]c1.c1cc[cH-]c1. The Morgan fingerprint density at radius 2 is 0.977 bits per heavy atom. The Morgan fingerprint density at radius 1 is 0.591 bits per heavy atom. The van der Waals surface area contributed by atoms with Crippen LogP contribution in [0.5, 0.6) is 0 Å². The summed E-state index contributed by atoms with van der Waals surface area (Å²) in [5, 5.41) is 12.7. The number of hydrogen-bond donors (Lipinski definition) is 1. The van der Waals surface area contributed by atoms with Crippen LogP contribution in [0.15, 0.2) is 194 Å². The molecule has 6 aromatic rings. The molecule has 2 heteroatoms. The van der Waals surface area contributed by atoms with E-state index in [0.29, 0.717) is 0 Å². The van der Waals surface area contributed by atoms with Gasteiger partial charge in [0.1, 0.15) is 5.60 Å². The maximum atomic E-state index is 12.7. The zero-order valence-corrected chi connectivity index (χ0v) is 27.9. The minimum Gasteiger partial charge on any atom is -0.379 e. The molecular formula is C42H39OZr-3. The van der Waals surface area contributed by atoms with Crippen molar-refractivity contribution in [2.24, 2.45) is 5.92 Å². The summed E-state index contributed by atoms with van der Waals surface area (Å²) >= 11 is 0. The van der Waals surface area contributed by atoms with Crippen molar-refractivity contribution in [1.82, 2.24) is 0 Å². The molecule has 0 heterocycles. The van der Waals surface area contributed by atoms with E-state index in [0.717, 1.165) is 33.4 Å². The smallest absolute Gasteiger partial charge is 0.123 e. The van der Waals surface area contributed by atoms with Crippen LogP contribution in [0.25, 0.3) is 5.57 Å². The van der Waals surface area contributed by atoms with Gasteiger partial charge in [0.05, 0.1) is 0 Å². The summed E-state index contributed by atoms with van der Waals surface area (Å²) in [4.78, 5) is 0. The third-order valence-corrected chi connectivity index (χ3v) is 6.94. The van der Waals surface area contributed by atoms with E-state index >= 15 is 0 Å². The third-order valence-electron chi connectivity index (χ3n) is 6.94. The number of aliphatic hydroxyl groups is 1. The number of rotatable bonds is 7. The van der Waals surface area contributed by atoms with Crippen LogP contribution in [0.4, 0.5) is 0 Å². The van der Waals surface area contributed by atoms with Crippen molar-refractivity contribution in [3.8, 4) is 0 Å². The first-order chi connectivity index (χ1) is 21.1. The van der Waals surface area contributed by atoms with Crippen LogP contribution in [0.1, 0.15) is 36.1 Å². The Labute approximate surface area is 282 Å². The monoisotopic (exact) mass is 649 g/mol. The summed E-state index contributed by atoms with van der Waals surface area (Å²) in [7, 11) is 0. The second kappa shape index (κ2) is 18.5. The van der Waals surface area contributed by atoms with Gasteiger partial charge in [-0.1, -0.05) is 114 Å². The molecule has 0 spiro atoms. The first-order valence-electron chi connectivity index (χ1n) is 14.6. The number of hydrogen-bond acceptors (Lipinski definition) is 1. The van der Waals surface area contributed by atoms with Gasteiger partial charge in [0.25, 0.3) is 0 Å². The molecule has 44 heavy (non-hydrogen) atoms. The van der Waals surface area contributed by atoms with Crippen LogP contribution in [0.2, 0.25) is 0 Å². The van der Waals surface area contributed by atoms with Crippen LogP contribution in [0.3, 0.4) is 0 Å². The molecule has 0 fully saturated rings. The van der Waals surface area contributed by atoms with Crippen molar-refractivity contribution in [3.63, 3.8) is 0 Å². The molecule has 1 N–H and O–H groups in total. The topological polar surface area (TPSA) is 20.2 Å². The van der Waals surface area contributed by atoms with E-state index in [1.54, 1.807) is 0 Å². The van der Waals surface area contributed by atoms with Crippen molar-refractivity contribution in [2.45, 2.75) is 19.4 Å². The molecule has 0 bridgehead atoms. The van der Waals surface area contributed by atoms with Crippen molar-refractivity contribution >= 4 is 5.57 Å². The zero-order chi connectivity index (χ0) is 30.2. The summed E-state index contributed by atoms with van der Waals surface area (Å²) in [6.07, 6.45) is 5.82.